The van der Waals surface area contributed by atoms with E-state index in [2.05, 4.69) is 0 Å². The molecule has 2 unspecified atom stereocenters. The van der Waals surface area contributed by atoms with Crippen LogP contribution in [0.4, 0.5) is 0 Å². The van der Waals surface area contributed by atoms with Gasteiger partial charge in [-0.15, -0.1) is 0 Å². The molecule has 0 bridgehead atoms. The highest BCUT2D eigenvalue weighted by Gasteiger charge is 2.28. The summed E-state index contributed by atoms with van der Waals surface area (Å²) >= 11 is 1.17. The maximum atomic E-state index is 9.59. The molecule has 0 saturated carbocycles. The second-order valence-electron chi connectivity index (χ2n) is 2.97. The van der Waals surface area contributed by atoms with Crippen LogP contribution in [0.1, 0.15) is 10.8 Å². The van der Waals surface area contributed by atoms with Gasteiger partial charge < -0.3 is 9.84 Å². The molecule has 3 nitrogen and oxygen atoms in total. The SMILES string of the molecule is NSC1c2ccccc2OCC1O. The molecule has 1 aromatic carbocycles. The Morgan fingerprint density at radius 2 is 2.23 bits per heavy atom. The van der Waals surface area contributed by atoms with E-state index >= 15 is 0 Å². The Labute approximate surface area is 81.0 Å². The van der Waals surface area contributed by atoms with Crippen molar-refractivity contribution in [3.05, 3.63) is 29.8 Å². The maximum absolute atomic E-state index is 9.59. The second-order valence-corrected chi connectivity index (χ2v) is 3.75. The van der Waals surface area contributed by atoms with Crippen LogP contribution in [-0.2, 0) is 0 Å². The van der Waals surface area contributed by atoms with Crippen molar-refractivity contribution in [2.45, 2.75) is 11.4 Å². The first-order valence-corrected chi connectivity index (χ1v) is 5.02. The Bertz CT molecular complexity index is 305. The predicted octanol–water partition coefficient (Wildman–Crippen LogP) is 1.09. The highest BCUT2D eigenvalue weighted by Crippen LogP contribution is 2.38. The van der Waals surface area contributed by atoms with Crippen molar-refractivity contribution in [1.29, 1.82) is 0 Å². The molecule has 3 N–H and O–H groups in total. The highest BCUT2D eigenvalue weighted by atomic mass is 32.2. The van der Waals surface area contributed by atoms with E-state index in [1.54, 1.807) is 0 Å². The predicted molar refractivity (Wildman–Crippen MR) is 52.5 cm³/mol. The molecule has 4 heteroatoms. The standard InChI is InChI=1S/C9H11NO2S/c10-13-9-6-3-1-2-4-8(6)12-5-7(9)11/h1-4,7,9,11H,5,10H2. The molecular formula is C9H11NO2S. The van der Waals surface area contributed by atoms with Crippen molar-refractivity contribution in [3.8, 4) is 5.75 Å². The van der Waals surface area contributed by atoms with Crippen LogP contribution in [0.2, 0.25) is 0 Å². The minimum absolute atomic E-state index is 0.0649. The lowest BCUT2D eigenvalue weighted by molar-refractivity contribution is 0.0894. The highest BCUT2D eigenvalue weighted by molar-refractivity contribution is 7.97. The summed E-state index contributed by atoms with van der Waals surface area (Å²) in [6.45, 7) is 0.325. The third kappa shape index (κ3) is 1.52. The summed E-state index contributed by atoms with van der Waals surface area (Å²) in [4.78, 5) is 0. The van der Waals surface area contributed by atoms with Crippen LogP contribution >= 0.6 is 11.9 Å². The Morgan fingerprint density at radius 3 is 3.00 bits per heavy atom. The molecule has 2 atom stereocenters. The van der Waals surface area contributed by atoms with Crippen molar-refractivity contribution in [2.75, 3.05) is 6.61 Å². The van der Waals surface area contributed by atoms with Crippen LogP contribution in [0.5, 0.6) is 5.75 Å². The average Bonchev–Trinajstić information content (AvgIpc) is 2.18. The number of hydrogen-bond donors (Lipinski definition) is 2. The fraction of sp³-hybridized carbons (Fsp3) is 0.333. The normalized spacial score (nSPS) is 26.3. The number of hydrogen-bond acceptors (Lipinski definition) is 4. The minimum Gasteiger partial charge on any atom is -0.491 e. The van der Waals surface area contributed by atoms with E-state index in [0.29, 0.717) is 6.61 Å². The lowest BCUT2D eigenvalue weighted by atomic mass is 10.0. The monoisotopic (exact) mass is 197 g/mol. The summed E-state index contributed by atoms with van der Waals surface area (Å²) in [5.41, 5.74) is 0.980. The summed E-state index contributed by atoms with van der Waals surface area (Å²) in [7, 11) is 0. The molecule has 1 heterocycles. The van der Waals surface area contributed by atoms with E-state index in [0.717, 1.165) is 11.3 Å². The van der Waals surface area contributed by atoms with E-state index in [4.69, 9.17) is 9.88 Å². The largest absolute Gasteiger partial charge is 0.491 e. The molecule has 70 valence electrons. The summed E-state index contributed by atoms with van der Waals surface area (Å²) < 4.78 is 5.35. The molecule has 0 amide bonds. The first kappa shape index (κ1) is 8.87. The smallest absolute Gasteiger partial charge is 0.123 e. The molecule has 0 aliphatic carbocycles. The van der Waals surface area contributed by atoms with E-state index in [-0.39, 0.29) is 5.25 Å². The van der Waals surface area contributed by atoms with Crippen LogP contribution in [-0.4, -0.2) is 17.8 Å². The second kappa shape index (κ2) is 3.57. The van der Waals surface area contributed by atoms with Gasteiger partial charge in [0.2, 0.25) is 0 Å². The maximum Gasteiger partial charge on any atom is 0.123 e. The van der Waals surface area contributed by atoms with Crippen molar-refractivity contribution in [3.63, 3.8) is 0 Å². The Morgan fingerprint density at radius 1 is 1.46 bits per heavy atom. The number of ether oxygens (including phenoxy) is 1. The zero-order valence-corrected chi connectivity index (χ0v) is 7.83. The lowest BCUT2D eigenvalue weighted by Crippen LogP contribution is -2.29. The van der Waals surface area contributed by atoms with Gasteiger partial charge in [0, 0.05) is 5.56 Å². The van der Waals surface area contributed by atoms with Gasteiger partial charge >= 0.3 is 0 Å². The van der Waals surface area contributed by atoms with Gasteiger partial charge in [0.15, 0.2) is 0 Å². The first-order chi connectivity index (χ1) is 6.33. The minimum atomic E-state index is -0.509. The Hall–Kier alpha value is -0.710. The summed E-state index contributed by atoms with van der Waals surface area (Å²) in [6.07, 6.45) is -0.509. The zero-order chi connectivity index (χ0) is 9.26. The number of nitrogens with two attached hydrogens (primary N) is 1. The Kier molecular flexibility index (Phi) is 2.44. The van der Waals surface area contributed by atoms with E-state index < -0.39 is 6.10 Å². The molecule has 0 aromatic heterocycles. The number of aliphatic hydroxyl groups excluding tert-OH is 1. The van der Waals surface area contributed by atoms with Gasteiger partial charge in [-0.2, -0.15) is 0 Å². The molecule has 2 rings (SSSR count). The molecule has 0 fully saturated rings. The van der Waals surface area contributed by atoms with Crippen LogP contribution < -0.4 is 9.88 Å². The summed E-state index contributed by atoms with van der Waals surface area (Å²) in [6, 6.07) is 7.66. The number of aliphatic hydroxyl groups is 1. The van der Waals surface area contributed by atoms with Crippen molar-refractivity contribution < 1.29 is 9.84 Å². The average molecular weight is 197 g/mol. The number of para-hydroxylation sites is 1. The summed E-state index contributed by atoms with van der Waals surface area (Å²) in [5, 5.41) is 15.0. The molecule has 1 aromatic rings. The molecule has 1 aliphatic rings. The third-order valence-corrected chi connectivity index (χ3v) is 2.99. The fourth-order valence-electron chi connectivity index (χ4n) is 1.48. The van der Waals surface area contributed by atoms with Crippen LogP contribution in [0, 0.1) is 0 Å². The van der Waals surface area contributed by atoms with E-state index in [1.165, 1.54) is 11.9 Å². The van der Waals surface area contributed by atoms with Gasteiger partial charge in [0.1, 0.15) is 18.5 Å². The van der Waals surface area contributed by atoms with Gasteiger partial charge in [0.05, 0.1) is 5.25 Å². The van der Waals surface area contributed by atoms with Crippen molar-refractivity contribution in [1.82, 2.24) is 0 Å². The third-order valence-electron chi connectivity index (χ3n) is 2.13. The molecule has 0 radical (unpaired) electrons. The number of rotatable bonds is 1. The molecule has 0 spiro atoms. The van der Waals surface area contributed by atoms with Crippen LogP contribution in [0.25, 0.3) is 0 Å². The molecule has 0 saturated heterocycles. The van der Waals surface area contributed by atoms with Gasteiger partial charge in [-0.25, -0.2) is 0 Å². The Balaban J connectivity index is 2.39. The quantitative estimate of drug-likeness (QED) is 0.662. The van der Waals surface area contributed by atoms with Gasteiger partial charge in [-0.1, -0.05) is 30.1 Å². The molecule has 13 heavy (non-hydrogen) atoms. The summed E-state index contributed by atoms with van der Waals surface area (Å²) in [5.74, 6) is 0.829. The first-order valence-electron chi connectivity index (χ1n) is 4.08. The number of benzene rings is 1. The van der Waals surface area contributed by atoms with Gasteiger partial charge in [-0.3, -0.25) is 5.14 Å². The molecular weight excluding hydrogens is 186 g/mol. The fourth-order valence-corrected chi connectivity index (χ4v) is 2.08. The molecule has 1 aliphatic heterocycles. The van der Waals surface area contributed by atoms with Crippen molar-refractivity contribution in [2.24, 2.45) is 5.14 Å². The number of fused-ring (bicyclic) bond motifs is 1. The van der Waals surface area contributed by atoms with Crippen LogP contribution in [0.3, 0.4) is 0 Å². The van der Waals surface area contributed by atoms with Crippen molar-refractivity contribution >= 4 is 11.9 Å². The van der Waals surface area contributed by atoms with E-state index in [1.807, 2.05) is 24.3 Å². The topological polar surface area (TPSA) is 55.5 Å². The lowest BCUT2D eigenvalue weighted by Gasteiger charge is -2.28. The van der Waals surface area contributed by atoms with Gasteiger partial charge in [-0.05, 0) is 6.07 Å². The van der Waals surface area contributed by atoms with Crippen LogP contribution in [0.15, 0.2) is 24.3 Å². The van der Waals surface area contributed by atoms with E-state index in [9.17, 15) is 5.11 Å². The zero-order valence-electron chi connectivity index (χ0n) is 7.01. The van der Waals surface area contributed by atoms with Gasteiger partial charge in [0.25, 0.3) is 0 Å².